The molecular formula is C19H22N2O3S2. The highest BCUT2D eigenvalue weighted by molar-refractivity contribution is 7.90. The summed E-state index contributed by atoms with van der Waals surface area (Å²) in [6.07, 6.45) is 3.33. The van der Waals surface area contributed by atoms with Gasteiger partial charge in [0.15, 0.2) is 0 Å². The number of fused-ring (bicyclic) bond motifs is 1. The molecule has 0 radical (unpaired) electrons. The zero-order valence-electron chi connectivity index (χ0n) is 15.1. The van der Waals surface area contributed by atoms with Crippen LogP contribution in [0.25, 0.3) is 10.2 Å². The molecule has 7 heteroatoms. The number of ether oxygens (including phenoxy) is 1. The summed E-state index contributed by atoms with van der Waals surface area (Å²) in [5.74, 6) is 0.607. The standard InChI is InChI=1S/C19H22N2O3S2/c1-4-5-6-14-7-12-17-18(13-14)25-19(21(17)2)20-26(22,23)16-10-8-15(24-3)9-11-16/h7-13H,4-6H2,1-3H3/b20-19-. The molecule has 1 heterocycles. The van der Waals surface area contributed by atoms with Crippen LogP contribution in [0.3, 0.4) is 0 Å². The monoisotopic (exact) mass is 390 g/mol. The molecule has 0 spiro atoms. The molecule has 3 aromatic rings. The van der Waals surface area contributed by atoms with Crippen molar-refractivity contribution in [2.24, 2.45) is 11.4 Å². The van der Waals surface area contributed by atoms with Gasteiger partial charge < -0.3 is 9.30 Å². The van der Waals surface area contributed by atoms with Gasteiger partial charge in [-0.25, -0.2) is 0 Å². The first-order chi connectivity index (χ1) is 12.4. The molecule has 0 amide bonds. The molecule has 1 aromatic heterocycles. The lowest BCUT2D eigenvalue weighted by atomic mass is 10.1. The van der Waals surface area contributed by atoms with E-state index in [0.29, 0.717) is 10.6 Å². The van der Waals surface area contributed by atoms with Crippen LogP contribution < -0.4 is 9.54 Å². The van der Waals surface area contributed by atoms with E-state index in [2.05, 4.69) is 23.5 Å². The number of benzene rings is 2. The van der Waals surface area contributed by atoms with E-state index in [4.69, 9.17) is 4.74 Å². The highest BCUT2D eigenvalue weighted by atomic mass is 32.2. The third kappa shape index (κ3) is 3.83. The second-order valence-corrected chi connectivity index (χ2v) is 8.70. The van der Waals surface area contributed by atoms with Gasteiger partial charge in [-0.3, -0.25) is 0 Å². The average Bonchev–Trinajstić information content (AvgIpc) is 2.94. The van der Waals surface area contributed by atoms with Crippen LogP contribution in [0.1, 0.15) is 25.3 Å². The molecule has 0 fully saturated rings. The number of rotatable bonds is 6. The molecule has 0 bridgehead atoms. The minimum atomic E-state index is -3.77. The van der Waals surface area contributed by atoms with Crippen molar-refractivity contribution >= 4 is 31.6 Å². The summed E-state index contributed by atoms with van der Waals surface area (Å²) in [4.78, 5) is 0.614. The van der Waals surface area contributed by atoms with E-state index < -0.39 is 10.0 Å². The van der Waals surface area contributed by atoms with Crippen molar-refractivity contribution in [3.05, 3.63) is 52.8 Å². The largest absolute Gasteiger partial charge is 0.497 e. The second kappa shape index (κ2) is 7.63. The predicted octanol–water partition coefficient (Wildman–Crippen LogP) is 3.88. The van der Waals surface area contributed by atoms with Gasteiger partial charge in [0.05, 0.1) is 22.2 Å². The van der Waals surface area contributed by atoms with Crippen molar-refractivity contribution in [3.8, 4) is 5.75 Å². The smallest absolute Gasteiger partial charge is 0.285 e. The molecule has 5 nitrogen and oxygen atoms in total. The maximum Gasteiger partial charge on any atom is 0.285 e. The van der Waals surface area contributed by atoms with E-state index in [1.165, 1.54) is 29.0 Å². The summed E-state index contributed by atoms with van der Waals surface area (Å²) in [5.41, 5.74) is 2.25. The molecule has 0 N–H and O–H groups in total. The summed E-state index contributed by atoms with van der Waals surface area (Å²) in [5, 5.41) is 0. The zero-order chi connectivity index (χ0) is 18.7. The van der Waals surface area contributed by atoms with Crippen LogP contribution >= 0.6 is 11.3 Å². The minimum Gasteiger partial charge on any atom is -0.497 e. The highest BCUT2D eigenvalue weighted by Gasteiger charge is 2.14. The molecule has 0 saturated heterocycles. The van der Waals surface area contributed by atoms with E-state index in [-0.39, 0.29) is 4.90 Å². The molecule has 3 rings (SSSR count). The first kappa shape index (κ1) is 18.7. The first-order valence-corrected chi connectivity index (χ1v) is 10.7. The predicted molar refractivity (Wildman–Crippen MR) is 105 cm³/mol. The Hall–Kier alpha value is -2.12. The molecule has 2 aromatic carbocycles. The van der Waals surface area contributed by atoms with Crippen molar-refractivity contribution in [3.63, 3.8) is 0 Å². The number of methoxy groups -OCH3 is 1. The Bertz CT molecular complexity index is 1080. The molecule has 0 unspecified atom stereocenters. The number of nitrogens with zero attached hydrogens (tertiary/aromatic N) is 2. The lowest BCUT2D eigenvalue weighted by molar-refractivity contribution is 0.414. The van der Waals surface area contributed by atoms with Gasteiger partial charge in [-0.05, 0) is 54.8 Å². The summed E-state index contributed by atoms with van der Waals surface area (Å²) in [6, 6.07) is 12.5. The molecular weight excluding hydrogens is 368 g/mol. The fraction of sp³-hybridized carbons (Fsp3) is 0.316. The Labute approximate surface area is 157 Å². The van der Waals surface area contributed by atoms with Gasteiger partial charge in [-0.2, -0.15) is 8.42 Å². The number of sulfonamides is 1. The fourth-order valence-corrected chi connectivity index (χ4v) is 5.02. The van der Waals surface area contributed by atoms with E-state index >= 15 is 0 Å². The Morgan fingerprint density at radius 1 is 1.15 bits per heavy atom. The number of hydrogen-bond acceptors (Lipinski definition) is 4. The van der Waals surface area contributed by atoms with Crippen LogP contribution in [-0.4, -0.2) is 20.1 Å². The zero-order valence-corrected chi connectivity index (χ0v) is 16.7. The molecule has 138 valence electrons. The Balaban J connectivity index is 2.03. The molecule has 0 aliphatic carbocycles. The molecule has 0 aliphatic rings. The number of aryl methyl sites for hydroxylation is 2. The van der Waals surface area contributed by atoms with Gasteiger partial charge in [0.1, 0.15) is 5.75 Å². The number of hydrogen-bond donors (Lipinski definition) is 0. The summed E-state index contributed by atoms with van der Waals surface area (Å²) < 4.78 is 37.2. The van der Waals surface area contributed by atoms with E-state index in [1.54, 1.807) is 19.2 Å². The van der Waals surface area contributed by atoms with Crippen LogP contribution in [0.2, 0.25) is 0 Å². The van der Waals surface area contributed by atoms with Crippen LogP contribution in [0, 0.1) is 0 Å². The number of thiazole rings is 1. The first-order valence-electron chi connectivity index (χ1n) is 8.48. The number of unbranched alkanes of at least 4 members (excludes halogenated alkanes) is 1. The van der Waals surface area contributed by atoms with Crippen molar-refractivity contribution in [1.29, 1.82) is 0 Å². The highest BCUT2D eigenvalue weighted by Crippen LogP contribution is 2.21. The van der Waals surface area contributed by atoms with E-state index in [9.17, 15) is 8.42 Å². The van der Waals surface area contributed by atoms with Crippen LogP contribution in [0.15, 0.2) is 51.8 Å². The Kier molecular flexibility index (Phi) is 5.48. The minimum absolute atomic E-state index is 0.152. The van der Waals surface area contributed by atoms with Crippen LogP contribution in [-0.2, 0) is 23.5 Å². The topological polar surface area (TPSA) is 60.7 Å². The van der Waals surface area contributed by atoms with Crippen molar-refractivity contribution in [2.75, 3.05) is 7.11 Å². The van der Waals surface area contributed by atoms with E-state index in [1.807, 2.05) is 17.7 Å². The molecule has 0 atom stereocenters. The number of aromatic nitrogens is 1. The van der Waals surface area contributed by atoms with Crippen LogP contribution in [0.4, 0.5) is 0 Å². The summed E-state index contributed by atoms with van der Waals surface area (Å²) in [7, 11) is -0.392. The van der Waals surface area contributed by atoms with Gasteiger partial charge in [0.2, 0.25) is 4.80 Å². The van der Waals surface area contributed by atoms with Gasteiger partial charge in [0.25, 0.3) is 10.0 Å². The van der Waals surface area contributed by atoms with E-state index in [0.717, 1.165) is 29.5 Å². The quantitative estimate of drug-likeness (QED) is 0.642. The lowest BCUT2D eigenvalue weighted by Crippen LogP contribution is -2.13. The molecule has 26 heavy (non-hydrogen) atoms. The molecule has 0 saturated carbocycles. The normalized spacial score (nSPS) is 12.7. The van der Waals surface area contributed by atoms with Gasteiger partial charge >= 0.3 is 0 Å². The third-order valence-electron chi connectivity index (χ3n) is 4.25. The summed E-state index contributed by atoms with van der Waals surface area (Å²) >= 11 is 1.39. The average molecular weight is 391 g/mol. The fourth-order valence-electron chi connectivity index (χ4n) is 2.71. The maximum absolute atomic E-state index is 12.6. The van der Waals surface area contributed by atoms with Gasteiger partial charge in [0, 0.05) is 7.05 Å². The SMILES string of the molecule is CCCCc1ccc2c(c1)s/c(=N\S(=O)(=O)c1ccc(OC)cc1)n2C. The third-order valence-corrected chi connectivity index (χ3v) is 6.74. The van der Waals surface area contributed by atoms with Crippen molar-refractivity contribution < 1.29 is 13.2 Å². The molecule has 0 aliphatic heterocycles. The van der Waals surface area contributed by atoms with Crippen molar-refractivity contribution in [1.82, 2.24) is 4.57 Å². The lowest BCUT2D eigenvalue weighted by Gasteiger charge is -2.02. The van der Waals surface area contributed by atoms with Gasteiger partial charge in [-0.1, -0.05) is 30.7 Å². The van der Waals surface area contributed by atoms with Crippen molar-refractivity contribution in [2.45, 2.75) is 31.1 Å². The van der Waals surface area contributed by atoms with Gasteiger partial charge in [-0.15, -0.1) is 4.40 Å². The van der Waals surface area contributed by atoms with Crippen LogP contribution in [0.5, 0.6) is 5.75 Å². The summed E-state index contributed by atoms with van der Waals surface area (Å²) in [6.45, 7) is 2.17. The maximum atomic E-state index is 12.6. The Morgan fingerprint density at radius 2 is 1.88 bits per heavy atom. The second-order valence-electron chi connectivity index (χ2n) is 6.09. The Morgan fingerprint density at radius 3 is 2.54 bits per heavy atom.